The van der Waals surface area contributed by atoms with Gasteiger partial charge in [-0.3, -0.25) is 9.59 Å². The molecule has 0 radical (unpaired) electrons. The van der Waals surface area contributed by atoms with Crippen LogP contribution in [0.15, 0.2) is 60.7 Å². The molecule has 1 heterocycles. The summed E-state index contributed by atoms with van der Waals surface area (Å²) in [6, 6.07) is 20.0. The van der Waals surface area contributed by atoms with E-state index in [-0.39, 0.29) is 12.1 Å². The smallest absolute Gasteiger partial charge is 0.329 e. The Bertz CT molecular complexity index is 956. The Hall–Kier alpha value is -2.95. The maximum atomic E-state index is 13.4. The predicted molar refractivity (Wildman–Crippen MR) is 147 cm³/mol. The summed E-state index contributed by atoms with van der Waals surface area (Å²) < 4.78 is 6.09. The van der Waals surface area contributed by atoms with Gasteiger partial charge in [-0.05, 0) is 75.3 Å². The second kappa shape index (κ2) is 14.1. The van der Waals surface area contributed by atoms with E-state index in [1.807, 2.05) is 43.3 Å². The fourth-order valence-electron chi connectivity index (χ4n) is 4.86. The number of likely N-dealkylation sites (tertiary alicyclic amines) is 1. The van der Waals surface area contributed by atoms with Gasteiger partial charge in [0.1, 0.15) is 12.1 Å². The van der Waals surface area contributed by atoms with Gasteiger partial charge in [0.25, 0.3) is 5.91 Å². The van der Waals surface area contributed by atoms with Gasteiger partial charge in [-0.1, -0.05) is 81.4 Å². The van der Waals surface area contributed by atoms with E-state index in [2.05, 4.69) is 24.3 Å². The van der Waals surface area contributed by atoms with Gasteiger partial charge in [0.2, 0.25) is 5.78 Å². The molecular weight excluding hydrogens is 462 g/mol. The molecule has 0 N–H and O–H groups in total. The van der Waals surface area contributed by atoms with E-state index >= 15 is 0 Å². The zero-order chi connectivity index (χ0) is 26.7. The number of carbonyl (C=O) groups excluding carboxylic acids is 3. The van der Waals surface area contributed by atoms with Gasteiger partial charge in [0.05, 0.1) is 0 Å². The van der Waals surface area contributed by atoms with Gasteiger partial charge in [-0.15, -0.1) is 0 Å². The van der Waals surface area contributed by atoms with Gasteiger partial charge >= 0.3 is 5.97 Å². The molecular formula is C32H43NO4. The van der Waals surface area contributed by atoms with Crippen LogP contribution in [-0.2, 0) is 32.0 Å². The van der Waals surface area contributed by atoms with Crippen molar-refractivity contribution in [1.82, 2.24) is 4.90 Å². The summed E-state index contributed by atoms with van der Waals surface area (Å²) in [7, 11) is 0. The molecule has 1 aliphatic rings. The van der Waals surface area contributed by atoms with Gasteiger partial charge in [0, 0.05) is 12.0 Å². The van der Waals surface area contributed by atoms with E-state index < -0.39 is 23.1 Å². The standard InChI is InChI=1S/C32H43NO4/c1-4-32(2,3)29(34)30(35)33-24-12-11-23-28(33)31(36)37-27(21-13-19-25-15-7-5-8-16-25)22-14-20-26-17-9-6-10-18-26/h5-10,15-18,27-28H,4,11-14,19-24H2,1-3H3/t28-/m0/s1. The van der Waals surface area contributed by atoms with Crippen LogP contribution in [0.25, 0.3) is 0 Å². The largest absolute Gasteiger partial charge is 0.461 e. The van der Waals surface area contributed by atoms with Gasteiger partial charge in [0.15, 0.2) is 0 Å². The Morgan fingerprint density at radius 3 is 1.95 bits per heavy atom. The molecule has 0 aliphatic carbocycles. The van der Waals surface area contributed by atoms with Crippen molar-refractivity contribution in [1.29, 1.82) is 0 Å². The van der Waals surface area contributed by atoms with E-state index in [1.165, 1.54) is 16.0 Å². The SMILES string of the molecule is CCC(C)(C)C(=O)C(=O)N1CCCC[C@H]1C(=O)OC(CCCc1ccccc1)CCCc1ccccc1. The maximum absolute atomic E-state index is 13.4. The molecule has 2 aromatic carbocycles. The Kier molecular flexibility index (Phi) is 10.9. The lowest BCUT2D eigenvalue weighted by Gasteiger charge is -2.36. The fraction of sp³-hybridized carbons (Fsp3) is 0.531. The number of benzene rings is 2. The highest BCUT2D eigenvalue weighted by Gasteiger charge is 2.41. The molecule has 0 aromatic heterocycles. The van der Waals surface area contributed by atoms with Crippen molar-refractivity contribution in [3.05, 3.63) is 71.8 Å². The minimum atomic E-state index is -0.736. The molecule has 5 nitrogen and oxygen atoms in total. The molecule has 1 aliphatic heterocycles. The third kappa shape index (κ3) is 8.55. The first kappa shape index (κ1) is 28.6. The van der Waals surface area contributed by atoms with E-state index in [0.717, 1.165) is 51.4 Å². The quantitative estimate of drug-likeness (QED) is 0.236. The summed E-state index contributed by atoms with van der Waals surface area (Å²) in [5.41, 5.74) is 1.82. The number of amides is 1. The molecule has 5 heteroatoms. The molecule has 1 fully saturated rings. The maximum Gasteiger partial charge on any atom is 0.329 e. The highest BCUT2D eigenvalue weighted by atomic mass is 16.5. The van der Waals surface area contributed by atoms with E-state index in [9.17, 15) is 14.4 Å². The summed E-state index contributed by atoms with van der Waals surface area (Å²) in [5.74, 6) is -1.32. The molecule has 0 unspecified atom stereocenters. The summed E-state index contributed by atoms with van der Waals surface area (Å²) >= 11 is 0. The highest BCUT2D eigenvalue weighted by molar-refractivity contribution is 6.38. The molecule has 1 amide bonds. The van der Waals surface area contributed by atoms with Crippen molar-refractivity contribution < 1.29 is 19.1 Å². The Morgan fingerprint density at radius 2 is 1.43 bits per heavy atom. The van der Waals surface area contributed by atoms with Crippen molar-refractivity contribution in [2.45, 2.75) is 97.1 Å². The average molecular weight is 506 g/mol. The topological polar surface area (TPSA) is 63.7 Å². The number of hydrogen-bond acceptors (Lipinski definition) is 4. The van der Waals surface area contributed by atoms with Crippen LogP contribution in [0.4, 0.5) is 0 Å². The number of rotatable bonds is 13. The molecule has 1 atom stereocenters. The third-order valence-corrected chi connectivity index (χ3v) is 7.68. The van der Waals surface area contributed by atoms with Crippen LogP contribution in [0.3, 0.4) is 0 Å². The second-order valence-corrected chi connectivity index (χ2v) is 10.9. The number of ketones is 1. The van der Waals surface area contributed by atoms with Crippen molar-refractivity contribution in [2.75, 3.05) is 6.54 Å². The van der Waals surface area contributed by atoms with Crippen LogP contribution in [-0.4, -0.2) is 41.3 Å². The predicted octanol–water partition coefficient (Wildman–Crippen LogP) is 6.33. The first-order valence-electron chi connectivity index (χ1n) is 14.0. The third-order valence-electron chi connectivity index (χ3n) is 7.68. The van der Waals surface area contributed by atoms with Crippen LogP contribution >= 0.6 is 0 Å². The molecule has 1 saturated heterocycles. The number of hydrogen-bond donors (Lipinski definition) is 0. The van der Waals surface area contributed by atoms with E-state index in [0.29, 0.717) is 19.4 Å². The molecule has 0 bridgehead atoms. The monoisotopic (exact) mass is 505 g/mol. The number of nitrogens with zero attached hydrogens (tertiary/aromatic N) is 1. The summed E-state index contributed by atoms with van der Waals surface area (Å²) in [6.07, 6.45) is 7.82. The summed E-state index contributed by atoms with van der Waals surface area (Å²) in [6.45, 7) is 5.92. The first-order valence-corrected chi connectivity index (χ1v) is 14.0. The lowest BCUT2D eigenvalue weighted by atomic mass is 9.84. The van der Waals surface area contributed by atoms with Crippen LogP contribution in [0.5, 0.6) is 0 Å². The van der Waals surface area contributed by atoms with E-state index in [4.69, 9.17) is 4.74 Å². The minimum absolute atomic E-state index is 0.207. The minimum Gasteiger partial charge on any atom is -0.461 e. The Morgan fingerprint density at radius 1 is 0.892 bits per heavy atom. The van der Waals surface area contributed by atoms with Crippen molar-refractivity contribution in [3.63, 3.8) is 0 Å². The number of Topliss-reactive ketones (excluding diaryl/α,β-unsaturated/α-hetero) is 1. The molecule has 3 rings (SSSR count). The van der Waals surface area contributed by atoms with Gasteiger partial charge in [-0.25, -0.2) is 4.79 Å². The van der Waals surface area contributed by atoms with Crippen molar-refractivity contribution in [3.8, 4) is 0 Å². The van der Waals surface area contributed by atoms with Crippen molar-refractivity contribution in [2.24, 2.45) is 5.41 Å². The Balaban J connectivity index is 1.64. The number of piperidine rings is 1. The van der Waals surface area contributed by atoms with Crippen LogP contribution < -0.4 is 0 Å². The van der Waals surface area contributed by atoms with Crippen molar-refractivity contribution >= 4 is 17.7 Å². The zero-order valence-electron chi connectivity index (χ0n) is 22.8. The molecule has 200 valence electrons. The van der Waals surface area contributed by atoms with Crippen LogP contribution in [0.1, 0.15) is 83.3 Å². The molecule has 2 aromatic rings. The molecule has 37 heavy (non-hydrogen) atoms. The Labute approximate surface area is 222 Å². The molecule has 0 saturated carbocycles. The highest BCUT2D eigenvalue weighted by Crippen LogP contribution is 2.26. The first-order chi connectivity index (χ1) is 17.8. The normalized spacial score (nSPS) is 16.0. The lowest BCUT2D eigenvalue weighted by molar-refractivity contribution is -0.164. The number of esters is 1. The zero-order valence-corrected chi connectivity index (χ0v) is 22.8. The lowest BCUT2D eigenvalue weighted by Crippen LogP contribution is -2.53. The summed E-state index contributed by atoms with van der Waals surface area (Å²) in [4.78, 5) is 40.9. The fourth-order valence-corrected chi connectivity index (χ4v) is 4.86. The number of carbonyl (C=O) groups is 3. The van der Waals surface area contributed by atoms with Crippen LogP contribution in [0.2, 0.25) is 0 Å². The average Bonchev–Trinajstić information content (AvgIpc) is 2.93. The summed E-state index contributed by atoms with van der Waals surface area (Å²) in [5, 5.41) is 0. The van der Waals surface area contributed by atoms with Gasteiger partial charge < -0.3 is 9.64 Å². The van der Waals surface area contributed by atoms with Crippen LogP contribution in [0, 0.1) is 5.41 Å². The number of ether oxygens (including phenoxy) is 1. The molecule has 0 spiro atoms. The van der Waals surface area contributed by atoms with Gasteiger partial charge in [-0.2, -0.15) is 0 Å². The second-order valence-electron chi connectivity index (χ2n) is 10.9. The van der Waals surface area contributed by atoms with E-state index in [1.54, 1.807) is 13.8 Å². The number of aryl methyl sites for hydroxylation is 2.